The molecule has 0 fully saturated rings. The second-order valence-corrected chi connectivity index (χ2v) is 4.84. The fourth-order valence-corrected chi connectivity index (χ4v) is 2.66. The maximum absolute atomic E-state index is 11.7. The zero-order valence-corrected chi connectivity index (χ0v) is 11.9. The number of benzene rings is 1. The average Bonchev–Trinajstić information content (AvgIpc) is 2.29. The van der Waals surface area contributed by atoms with Gasteiger partial charge >= 0.3 is 0 Å². The summed E-state index contributed by atoms with van der Waals surface area (Å²) in [6.07, 6.45) is 1.37. The van der Waals surface area contributed by atoms with Crippen LogP contribution < -0.4 is 5.73 Å². The Balaban J connectivity index is 0.00000144. The summed E-state index contributed by atoms with van der Waals surface area (Å²) in [5.41, 5.74) is 7.97. The number of fused-ring (bicyclic) bond motifs is 1. The Morgan fingerprint density at radius 1 is 1.47 bits per heavy atom. The van der Waals surface area contributed by atoms with Gasteiger partial charge in [-0.15, -0.1) is 12.4 Å². The van der Waals surface area contributed by atoms with Crippen LogP contribution in [-0.2, 0) is 17.8 Å². The van der Waals surface area contributed by atoms with Crippen molar-refractivity contribution in [1.82, 2.24) is 4.90 Å². The Hall–Kier alpha value is -0.580. The van der Waals surface area contributed by atoms with Gasteiger partial charge in [-0.25, -0.2) is 0 Å². The van der Waals surface area contributed by atoms with Gasteiger partial charge in [-0.1, -0.05) is 28.1 Å². The van der Waals surface area contributed by atoms with Crippen LogP contribution in [0.25, 0.3) is 0 Å². The van der Waals surface area contributed by atoms with E-state index in [1.165, 1.54) is 11.1 Å². The summed E-state index contributed by atoms with van der Waals surface area (Å²) >= 11 is 3.55. The molecule has 0 saturated carbocycles. The van der Waals surface area contributed by atoms with Gasteiger partial charge in [0.2, 0.25) is 5.91 Å². The molecule has 1 aromatic carbocycles. The van der Waals surface area contributed by atoms with Crippen molar-refractivity contribution >= 4 is 34.2 Å². The molecule has 0 aliphatic carbocycles. The van der Waals surface area contributed by atoms with Gasteiger partial charge in [0.1, 0.15) is 0 Å². The molecule has 0 atom stereocenters. The zero-order chi connectivity index (χ0) is 11.5. The van der Waals surface area contributed by atoms with E-state index in [-0.39, 0.29) is 18.3 Å². The van der Waals surface area contributed by atoms with Crippen LogP contribution in [0.3, 0.4) is 0 Å². The molecule has 1 aliphatic heterocycles. The molecule has 17 heavy (non-hydrogen) atoms. The minimum Gasteiger partial charge on any atom is -0.338 e. The molecule has 5 heteroatoms. The number of hydrogen-bond donors (Lipinski definition) is 1. The second kappa shape index (κ2) is 6.38. The van der Waals surface area contributed by atoms with E-state index < -0.39 is 0 Å². The predicted molar refractivity (Wildman–Crippen MR) is 74.2 cm³/mol. The fraction of sp³-hybridized carbons (Fsp3) is 0.417. The fourth-order valence-electron chi connectivity index (χ4n) is 2.06. The summed E-state index contributed by atoms with van der Waals surface area (Å²) < 4.78 is 1.15. The molecule has 2 rings (SSSR count). The first kappa shape index (κ1) is 14.5. The van der Waals surface area contributed by atoms with E-state index in [4.69, 9.17) is 5.73 Å². The molecule has 1 aliphatic rings. The third-order valence-electron chi connectivity index (χ3n) is 2.92. The van der Waals surface area contributed by atoms with Crippen LogP contribution in [0.2, 0.25) is 0 Å². The minimum absolute atomic E-state index is 0. The van der Waals surface area contributed by atoms with Crippen LogP contribution in [0.1, 0.15) is 17.5 Å². The topological polar surface area (TPSA) is 46.3 Å². The molecule has 0 radical (unpaired) electrons. The third kappa shape index (κ3) is 3.21. The number of hydrogen-bond acceptors (Lipinski definition) is 2. The van der Waals surface area contributed by atoms with Gasteiger partial charge in [-0.05, 0) is 23.6 Å². The highest BCUT2D eigenvalue weighted by atomic mass is 79.9. The first-order valence-electron chi connectivity index (χ1n) is 5.46. The first-order chi connectivity index (χ1) is 7.72. The zero-order valence-electron chi connectivity index (χ0n) is 9.49. The molecule has 2 N–H and O–H groups in total. The number of carbonyl (C=O) groups excluding carboxylic acids is 1. The summed E-state index contributed by atoms with van der Waals surface area (Å²) in [6, 6.07) is 6.15. The van der Waals surface area contributed by atoms with Crippen molar-refractivity contribution < 1.29 is 4.79 Å². The lowest BCUT2D eigenvalue weighted by atomic mass is 10.00. The average molecular weight is 320 g/mol. The number of amides is 1. The highest BCUT2D eigenvalue weighted by molar-refractivity contribution is 9.10. The highest BCUT2D eigenvalue weighted by Gasteiger charge is 2.20. The van der Waals surface area contributed by atoms with Crippen LogP contribution >= 0.6 is 28.3 Å². The monoisotopic (exact) mass is 318 g/mol. The maximum atomic E-state index is 11.7. The SMILES string of the molecule is Cl.NCCC(=O)N1CCc2c(Br)cccc2C1. The molecule has 3 nitrogen and oxygen atoms in total. The smallest absolute Gasteiger partial charge is 0.224 e. The second-order valence-electron chi connectivity index (χ2n) is 3.98. The van der Waals surface area contributed by atoms with Crippen molar-refractivity contribution in [3.63, 3.8) is 0 Å². The molecule has 94 valence electrons. The Kier molecular flexibility index (Phi) is 5.43. The normalized spacial score (nSPS) is 13.9. The molecule has 0 saturated heterocycles. The molecule has 0 spiro atoms. The molecule has 1 amide bonds. The summed E-state index contributed by atoms with van der Waals surface area (Å²) in [5, 5.41) is 0. The summed E-state index contributed by atoms with van der Waals surface area (Å²) in [6.45, 7) is 1.95. The van der Waals surface area contributed by atoms with Crippen molar-refractivity contribution in [2.24, 2.45) is 5.73 Å². The Labute approximate surface area is 116 Å². The number of nitrogens with zero attached hydrogens (tertiary/aromatic N) is 1. The summed E-state index contributed by atoms with van der Waals surface area (Å²) in [5.74, 6) is 0.160. The van der Waals surface area contributed by atoms with Gasteiger partial charge in [0, 0.05) is 30.5 Å². The molecular formula is C12H16BrClN2O. The van der Waals surface area contributed by atoms with E-state index in [0.29, 0.717) is 19.5 Å². The van der Waals surface area contributed by atoms with Crippen molar-refractivity contribution in [1.29, 1.82) is 0 Å². The van der Waals surface area contributed by atoms with Crippen LogP contribution in [0.15, 0.2) is 22.7 Å². The van der Waals surface area contributed by atoms with Crippen LogP contribution in [0.5, 0.6) is 0 Å². The molecule has 0 unspecified atom stereocenters. The largest absolute Gasteiger partial charge is 0.338 e. The molecule has 1 heterocycles. The lowest BCUT2D eigenvalue weighted by Crippen LogP contribution is -2.36. The van der Waals surface area contributed by atoms with Crippen LogP contribution in [0.4, 0.5) is 0 Å². The molecular weight excluding hydrogens is 304 g/mol. The van der Waals surface area contributed by atoms with Crippen molar-refractivity contribution in [3.05, 3.63) is 33.8 Å². The number of nitrogens with two attached hydrogens (primary N) is 1. The first-order valence-corrected chi connectivity index (χ1v) is 6.26. The van der Waals surface area contributed by atoms with E-state index in [0.717, 1.165) is 17.4 Å². The summed E-state index contributed by atoms with van der Waals surface area (Å²) in [7, 11) is 0. The van der Waals surface area contributed by atoms with Gasteiger partial charge in [0.25, 0.3) is 0 Å². The van der Waals surface area contributed by atoms with Gasteiger partial charge in [0.05, 0.1) is 0 Å². The van der Waals surface area contributed by atoms with Crippen molar-refractivity contribution in [2.75, 3.05) is 13.1 Å². The molecule has 1 aromatic rings. The Morgan fingerprint density at radius 3 is 2.94 bits per heavy atom. The number of halogens is 2. The van der Waals surface area contributed by atoms with E-state index >= 15 is 0 Å². The Morgan fingerprint density at radius 2 is 2.24 bits per heavy atom. The van der Waals surface area contributed by atoms with Gasteiger partial charge in [-0.3, -0.25) is 4.79 Å². The van der Waals surface area contributed by atoms with Crippen LogP contribution in [-0.4, -0.2) is 23.9 Å². The van der Waals surface area contributed by atoms with Gasteiger partial charge in [0.15, 0.2) is 0 Å². The maximum Gasteiger partial charge on any atom is 0.224 e. The van der Waals surface area contributed by atoms with Gasteiger partial charge < -0.3 is 10.6 Å². The van der Waals surface area contributed by atoms with E-state index in [9.17, 15) is 4.79 Å². The quantitative estimate of drug-likeness (QED) is 0.907. The highest BCUT2D eigenvalue weighted by Crippen LogP contribution is 2.26. The predicted octanol–water partition coefficient (Wildman–Crippen LogP) is 2.10. The third-order valence-corrected chi connectivity index (χ3v) is 3.66. The van der Waals surface area contributed by atoms with E-state index in [1.54, 1.807) is 0 Å². The number of carbonyl (C=O) groups is 1. The number of rotatable bonds is 2. The van der Waals surface area contributed by atoms with Gasteiger partial charge in [-0.2, -0.15) is 0 Å². The Bertz CT molecular complexity index is 411. The lowest BCUT2D eigenvalue weighted by Gasteiger charge is -2.29. The molecule has 0 bridgehead atoms. The van der Waals surface area contributed by atoms with Crippen molar-refractivity contribution in [3.8, 4) is 0 Å². The van der Waals surface area contributed by atoms with Crippen molar-refractivity contribution in [2.45, 2.75) is 19.4 Å². The standard InChI is InChI=1S/C12H15BrN2O.ClH/c13-11-3-1-2-9-8-15(7-5-10(9)11)12(16)4-6-14;/h1-3H,4-8,14H2;1H. The van der Waals surface area contributed by atoms with Crippen LogP contribution in [0, 0.1) is 0 Å². The molecule has 0 aromatic heterocycles. The van der Waals surface area contributed by atoms with E-state index in [2.05, 4.69) is 28.1 Å². The van der Waals surface area contributed by atoms with E-state index in [1.807, 2.05) is 11.0 Å². The minimum atomic E-state index is 0. The summed E-state index contributed by atoms with van der Waals surface area (Å²) in [4.78, 5) is 13.6. The lowest BCUT2D eigenvalue weighted by molar-refractivity contribution is -0.131.